The molecule has 0 aliphatic rings. The first-order valence-electron chi connectivity index (χ1n) is 19.1. The number of hydrogen-bond acceptors (Lipinski definition) is 8. The molecule has 3 aromatic heterocycles. The van der Waals surface area contributed by atoms with Crippen LogP contribution in [0.5, 0.6) is 5.75 Å². The van der Waals surface area contributed by atoms with Gasteiger partial charge in [-0.25, -0.2) is 13.9 Å². The number of methoxy groups -OCH3 is 1. The van der Waals surface area contributed by atoms with Crippen molar-refractivity contribution in [2.75, 3.05) is 26.9 Å². The molecule has 0 saturated carbocycles. The van der Waals surface area contributed by atoms with Crippen molar-refractivity contribution in [1.29, 1.82) is 0 Å². The molecular weight excluding hydrogens is 731 g/mol. The van der Waals surface area contributed by atoms with Crippen LogP contribution in [0.1, 0.15) is 92.0 Å². The minimum Gasteiger partial charge on any atom is -0.490 e. The van der Waals surface area contributed by atoms with Gasteiger partial charge in [-0.1, -0.05) is 53.7 Å². The fourth-order valence-corrected chi connectivity index (χ4v) is 8.05. The van der Waals surface area contributed by atoms with Crippen LogP contribution in [0.25, 0.3) is 28.0 Å². The molecule has 0 spiro atoms. The average molecular weight is 796 g/mol. The van der Waals surface area contributed by atoms with Crippen molar-refractivity contribution < 1.29 is 22.5 Å². The Balaban J connectivity index is 1.72. The summed E-state index contributed by atoms with van der Waals surface area (Å²) in [6, 6.07) is 16.2. The third kappa shape index (κ3) is 10.9. The average Bonchev–Trinajstić information content (AvgIpc) is 3.52. The van der Waals surface area contributed by atoms with Crippen LogP contribution in [0.3, 0.4) is 0 Å². The lowest BCUT2D eigenvalue weighted by atomic mass is 9.89. The first kappa shape index (κ1) is 43.9. The van der Waals surface area contributed by atoms with E-state index >= 15 is 0 Å². The molecule has 4 rings (SSSR count). The summed E-state index contributed by atoms with van der Waals surface area (Å²) in [5, 5.41) is 11.9. The number of nitrogens with zero attached hydrogens (tertiary/aromatic N) is 4. The first-order chi connectivity index (χ1) is 25.1. The molecule has 13 heteroatoms. The summed E-state index contributed by atoms with van der Waals surface area (Å²) in [6.07, 6.45) is 4.16. The van der Waals surface area contributed by atoms with E-state index in [0.29, 0.717) is 44.4 Å². The van der Waals surface area contributed by atoms with Crippen molar-refractivity contribution in [1.82, 2.24) is 19.7 Å². The second kappa shape index (κ2) is 17.6. The van der Waals surface area contributed by atoms with Crippen molar-refractivity contribution in [3.63, 3.8) is 0 Å². The van der Waals surface area contributed by atoms with Gasteiger partial charge < -0.3 is 18.3 Å². The summed E-state index contributed by atoms with van der Waals surface area (Å²) >= 11 is 0. The van der Waals surface area contributed by atoms with E-state index in [9.17, 15) is 4.21 Å². The molecule has 1 unspecified atom stereocenters. The first-order valence-corrected chi connectivity index (χ1v) is 26.1. The van der Waals surface area contributed by atoms with Crippen molar-refractivity contribution >= 4 is 38.5 Å². The highest BCUT2D eigenvalue weighted by Gasteiger charge is 2.38. The van der Waals surface area contributed by atoms with Crippen LogP contribution in [0.2, 0.25) is 36.3 Å². The molecule has 0 saturated heterocycles. The zero-order valence-corrected chi connectivity index (χ0v) is 37.9. The fraction of sp³-hybridized carbons (Fsp3) is 0.585. The number of fused-ring (bicyclic) bond motifs is 1. The van der Waals surface area contributed by atoms with Crippen LogP contribution >= 0.6 is 0 Å². The molecule has 0 aliphatic heterocycles. The highest BCUT2D eigenvalue weighted by Crippen LogP contribution is 2.39. The van der Waals surface area contributed by atoms with Gasteiger partial charge in [0.15, 0.2) is 22.5 Å². The Morgan fingerprint density at radius 2 is 1.52 bits per heavy atom. The van der Waals surface area contributed by atoms with Gasteiger partial charge in [0, 0.05) is 30.9 Å². The van der Waals surface area contributed by atoms with Gasteiger partial charge >= 0.3 is 0 Å². The quantitative estimate of drug-likeness (QED) is 0.0780. The Bertz CT molecular complexity index is 1880. The van der Waals surface area contributed by atoms with E-state index in [0.717, 1.165) is 46.4 Å². The smallest absolute Gasteiger partial charge is 0.192 e. The molecule has 4 aromatic rings. The zero-order valence-electron chi connectivity index (χ0n) is 35.0. The van der Waals surface area contributed by atoms with Gasteiger partial charge in [-0.2, -0.15) is 5.10 Å². The molecule has 0 aliphatic carbocycles. The van der Waals surface area contributed by atoms with E-state index in [-0.39, 0.29) is 16.0 Å². The Labute approximate surface area is 328 Å². The van der Waals surface area contributed by atoms with E-state index in [1.807, 2.05) is 61.1 Å². The third-order valence-corrected chi connectivity index (χ3v) is 21.6. The molecule has 0 radical (unpaired) electrons. The van der Waals surface area contributed by atoms with Gasteiger partial charge in [0.2, 0.25) is 0 Å². The molecule has 10 nitrogen and oxygen atoms in total. The number of aromatic nitrogens is 4. The number of pyridine rings is 2. The Morgan fingerprint density at radius 3 is 2.17 bits per heavy atom. The molecular formula is C41H65N5O5SSi2. The van der Waals surface area contributed by atoms with Gasteiger partial charge in [-0.3, -0.25) is 10.1 Å². The van der Waals surface area contributed by atoms with Gasteiger partial charge in [-0.15, -0.1) is 0 Å². The van der Waals surface area contributed by atoms with Crippen LogP contribution < -0.4 is 9.88 Å². The monoisotopic (exact) mass is 795 g/mol. The zero-order chi connectivity index (χ0) is 40.1. The van der Waals surface area contributed by atoms with Crippen molar-refractivity contribution in [2.45, 2.75) is 128 Å². The summed E-state index contributed by atoms with van der Waals surface area (Å²) in [6.45, 7) is 28.4. The molecule has 298 valence electrons. The van der Waals surface area contributed by atoms with E-state index in [2.05, 4.69) is 79.9 Å². The lowest BCUT2D eigenvalue weighted by molar-refractivity contribution is 0.147. The molecule has 3 heterocycles. The third-order valence-electron chi connectivity index (χ3n) is 11.3. The summed E-state index contributed by atoms with van der Waals surface area (Å²) in [7, 11) is -3.68. The van der Waals surface area contributed by atoms with E-state index < -0.39 is 32.4 Å². The standard InChI is InChI=1S/C41H65N5O5SSi2/c1-39(2,3)53(10,11)50-22-16-17-30(27-41(7,8)52(42)47)34-19-15-20-35(45-34)31-25-36-33(37(26-31)49-24-23-48-9)28-43-46(36)38-21-14-18-32(44-38)29-51-54(12,13)40(4,5)6/h14-15,18-21,25-26,28,30H,16-17,22-24,27,29,42H2,1-13H3/t30-,52?/m0/s1. The Kier molecular flexibility index (Phi) is 14.3. The van der Waals surface area contributed by atoms with Crippen molar-refractivity contribution in [3.8, 4) is 22.8 Å². The molecule has 2 atom stereocenters. The lowest BCUT2D eigenvalue weighted by Crippen LogP contribution is -2.41. The van der Waals surface area contributed by atoms with Crippen LogP contribution in [-0.4, -0.2) is 72.3 Å². The van der Waals surface area contributed by atoms with Crippen molar-refractivity contribution in [3.05, 3.63) is 66.1 Å². The molecule has 2 N–H and O–H groups in total. The highest BCUT2D eigenvalue weighted by molar-refractivity contribution is 7.84. The Morgan fingerprint density at radius 1 is 0.852 bits per heavy atom. The van der Waals surface area contributed by atoms with E-state index in [4.69, 9.17) is 38.5 Å². The SMILES string of the molecule is COCCOc1cc(-c2cccc([C@@H](CCCO[Si](C)(C)C(C)(C)C)CC(C)(C)S(N)=O)n2)cc2c1cnn2-c1cccc(CO[Si](C)(C)C(C)(C)C)n1. The predicted octanol–water partition coefficient (Wildman–Crippen LogP) is 9.71. The maximum atomic E-state index is 12.6. The molecule has 0 bridgehead atoms. The predicted molar refractivity (Wildman–Crippen MR) is 228 cm³/mol. The Hall–Kier alpha value is -2.79. The minimum atomic E-state index is -1.96. The van der Waals surface area contributed by atoms with E-state index in [1.165, 1.54) is 0 Å². The number of ether oxygens (including phenoxy) is 2. The van der Waals surface area contributed by atoms with Gasteiger partial charge in [0.25, 0.3) is 0 Å². The number of benzene rings is 1. The van der Waals surface area contributed by atoms with Gasteiger partial charge in [-0.05, 0) is 106 Å². The minimum absolute atomic E-state index is 0.0302. The second-order valence-corrected chi connectivity index (χ2v) is 29.3. The van der Waals surface area contributed by atoms with Crippen LogP contribution in [0.4, 0.5) is 0 Å². The van der Waals surface area contributed by atoms with E-state index in [1.54, 1.807) is 7.11 Å². The summed E-state index contributed by atoms with van der Waals surface area (Å²) in [5.74, 6) is 1.41. The van der Waals surface area contributed by atoms with Crippen LogP contribution in [0.15, 0.2) is 54.7 Å². The van der Waals surface area contributed by atoms with Crippen LogP contribution in [0, 0.1) is 0 Å². The maximum absolute atomic E-state index is 12.6. The summed E-state index contributed by atoms with van der Waals surface area (Å²) in [5.41, 5.74) is 4.33. The lowest BCUT2D eigenvalue weighted by Gasteiger charge is -2.36. The van der Waals surface area contributed by atoms with Gasteiger partial charge in [0.1, 0.15) is 12.4 Å². The maximum Gasteiger partial charge on any atom is 0.192 e. The normalized spacial score (nSPS) is 14.4. The molecule has 0 amide bonds. The molecule has 0 fully saturated rings. The van der Waals surface area contributed by atoms with Crippen LogP contribution in [-0.2, 0) is 31.2 Å². The van der Waals surface area contributed by atoms with Crippen molar-refractivity contribution in [2.24, 2.45) is 5.14 Å². The topological polar surface area (TPSA) is 124 Å². The highest BCUT2D eigenvalue weighted by atomic mass is 32.2. The number of rotatable bonds is 18. The molecule has 1 aromatic carbocycles. The second-order valence-electron chi connectivity index (χ2n) is 18.0. The number of nitrogens with two attached hydrogens (primary N) is 1. The summed E-state index contributed by atoms with van der Waals surface area (Å²) in [4.78, 5) is 10.2. The van der Waals surface area contributed by atoms with Gasteiger partial charge in [0.05, 0.1) is 57.4 Å². The number of hydrogen-bond donors (Lipinski definition) is 1. The molecule has 54 heavy (non-hydrogen) atoms. The summed E-state index contributed by atoms with van der Waals surface area (Å²) < 4.78 is 38.5. The fourth-order valence-electron chi connectivity index (χ4n) is 5.66. The largest absolute Gasteiger partial charge is 0.490 e.